The molecule has 6 nitrogen and oxygen atoms in total. The maximum Gasteiger partial charge on any atom is 0.265 e. The van der Waals surface area contributed by atoms with Crippen LogP contribution in [-0.2, 0) is 16.4 Å². The van der Waals surface area contributed by atoms with Gasteiger partial charge in [-0.05, 0) is 24.1 Å². The van der Waals surface area contributed by atoms with Gasteiger partial charge < -0.3 is 4.90 Å². The highest BCUT2D eigenvalue weighted by molar-refractivity contribution is 7.92. The Morgan fingerprint density at radius 2 is 1.62 bits per heavy atom. The summed E-state index contributed by atoms with van der Waals surface area (Å²) in [5.41, 5.74) is 2.71. The highest BCUT2D eigenvalue weighted by atomic mass is 32.2. The van der Waals surface area contributed by atoms with E-state index in [4.69, 9.17) is 0 Å². The van der Waals surface area contributed by atoms with Gasteiger partial charge in [-0.1, -0.05) is 60.7 Å². The second kappa shape index (κ2) is 9.77. The third-order valence-electron chi connectivity index (χ3n) is 5.35. The van der Waals surface area contributed by atoms with E-state index in [-0.39, 0.29) is 19.0 Å². The summed E-state index contributed by atoms with van der Waals surface area (Å²) < 4.78 is 26.8. The summed E-state index contributed by atoms with van der Waals surface area (Å²) in [6.07, 6.45) is 2.29. The van der Waals surface area contributed by atoms with Gasteiger partial charge in [-0.25, -0.2) is 13.4 Å². The number of thiazole rings is 1. The van der Waals surface area contributed by atoms with Crippen LogP contribution in [0.15, 0.2) is 66.1 Å². The number of carbonyl (C=O) groups excluding carboxylic acids is 1. The molecule has 166 valence electrons. The Morgan fingerprint density at radius 3 is 2.28 bits per heavy atom. The normalized spacial score (nSPS) is 15.3. The Bertz CT molecular complexity index is 1200. The Morgan fingerprint density at radius 1 is 1.00 bits per heavy atom. The first kappa shape index (κ1) is 22.4. The van der Waals surface area contributed by atoms with E-state index in [9.17, 15) is 13.2 Å². The van der Waals surface area contributed by atoms with E-state index < -0.39 is 10.0 Å². The van der Waals surface area contributed by atoms with E-state index in [0.29, 0.717) is 24.4 Å². The fourth-order valence-corrected chi connectivity index (χ4v) is 5.84. The van der Waals surface area contributed by atoms with Crippen LogP contribution in [0.3, 0.4) is 0 Å². The van der Waals surface area contributed by atoms with Crippen LogP contribution in [0.25, 0.3) is 6.08 Å². The number of rotatable bonds is 6. The highest BCUT2D eigenvalue weighted by Crippen LogP contribution is 2.23. The number of aryl methyl sites for hydroxylation is 1. The lowest BCUT2D eigenvalue weighted by Crippen LogP contribution is -2.50. The summed E-state index contributed by atoms with van der Waals surface area (Å²) >= 11 is 1.42. The number of aromatic nitrogens is 1. The van der Waals surface area contributed by atoms with E-state index >= 15 is 0 Å². The Balaban J connectivity index is 1.38. The van der Waals surface area contributed by atoms with Crippen LogP contribution in [-0.4, -0.2) is 54.7 Å². The first-order chi connectivity index (χ1) is 15.4. The molecule has 1 aliphatic rings. The summed E-state index contributed by atoms with van der Waals surface area (Å²) in [4.78, 5) is 20.0. The highest BCUT2D eigenvalue weighted by Gasteiger charge is 2.29. The van der Waals surface area contributed by atoms with Crippen molar-refractivity contribution in [2.45, 2.75) is 13.3 Å². The number of nitrogens with zero attached hydrogens (tertiary/aromatic N) is 3. The van der Waals surface area contributed by atoms with E-state index in [0.717, 1.165) is 21.8 Å². The lowest BCUT2D eigenvalue weighted by molar-refractivity contribution is 0.0702. The number of amides is 1. The molecule has 1 amide bonds. The molecule has 0 unspecified atom stereocenters. The van der Waals surface area contributed by atoms with Crippen LogP contribution in [0.4, 0.5) is 0 Å². The van der Waals surface area contributed by atoms with Gasteiger partial charge in [-0.15, -0.1) is 11.3 Å². The molecular formula is C24H25N3O3S2. The van der Waals surface area contributed by atoms with Crippen molar-refractivity contribution >= 4 is 33.3 Å². The maximum absolute atomic E-state index is 13.1. The fraction of sp³-hybridized carbons (Fsp3) is 0.250. The topological polar surface area (TPSA) is 70.6 Å². The van der Waals surface area contributed by atoms with Crippen molar-refractivity contribution in [3.63, 3.8) is 0 Å². The van der Waals surface area contributed by atoms with Crippen LogP contribution in [0, 0.1) is 6.92 Å². The molecule has 3 aromatic rings. The van der Waals surface area contributed by atoms with Gasteiger partial charge in [0.2, 0.25) is 10.0 Å². The third-order valence-corrected chi connectivity index (χ3v) is 8.06. The van der Waals surface area contributed by atoms with Crippen molar-refractivity contribution < 1.29 is 13.2 Å². The summed E-state index contributed by atoms with van der Waals surface area (Å²) in [5.74, 6) is -0.0730. The minimum absolute atomic E-state index is 0.0730. The largest absolute Gasteiger partial charge is 0.335 e. The molecule has 8 heteroatoms. The number of piperazine rings is 1. The van der Waals surface area contributed by atoms with Gasteiger partial charge in [0.05, 0.1) is 10.7 Å². The van der Waals surface area contributed by atoms with E-state index in [1.807, 2.05) is 67.6 Å². The molecule has 0 saturated carbocycles. The molecule has 0 atom stereocenters. The van der Waals surface area contributed by atoms with E-state index in [2.05, 4.69) is 4.98 Å². The predicted octanol–water partition coefficient (Wildman–Crippen LogP) is 3.80. The minimum atomic E-state index is -3.53. The average Bonchev–Trinajstić information content (AvgIpc) is 3.18. The molecule has 0 N–H and O–H groups in total. The molecule has 2 heterocycles. The van der Waals surface area contributed by atoms with E-state index in [1.165, 1.54) is 21.1 Å². The Kier molecular flexibility index (Phi) is 6.83. The molecular weight excluding hydrogens is 442 g/mol. The van der Waals surface area contributed by atoms with Crippen LogP contribution in [0.5, 0.6) is 0 Å². The third kappa shape index (κ3) is 5.32. The monoisotopic (exact) mass is 467 g/mol. The molecule has 32 heavy (non-hydrogen) atoms. The van der Waals surface area contributed by atoms with Crippen molar-refractivity contribution in [1.82, 2.24) is 14.2 Å². The van der Waals surface area contributed by atoms with Crippen LogP contribution in [0.1, 0.15) is 31.5 Å². The number of carbonyl (C=O) groups is 1. The summed E-state index contributed by atoms with van der Waals surface area (Å²) in [5, 5.41) is 2.15. The van der Waals surface area contributed by atoms with Gasteiger partial charge >= 0.3 is 0 Å². The van der Waals surface area contributed by atoms with Crippen LogP contribution < -0.4 is 0 Å². The van der Waals surface area contributed by atoms with Gasteiger partial charge in [-0.2, -0.15) is 4.31 Å². The lowest BCUT2D eigenvalue weighted by Gasteiger charge is -2.33. The molecule has 1 aliphatic heterocycles. The number of hydrogen-bond donors (Lipinski definition) is 0. The fourth-order valence-electron chi connectivity index (χ4n) is 3.60. The Hall–Kier alpha value is -2.81. The SMILES string of the molecule is Cc1nc(Cc2ccccc2)sc1C(=O)N1CCN(S(=O)(=O)/C=C/c2ccccc2)CC1. The zero-order valence-corrected chi connectivity index (χ0v) is 19.5. The van der Waals surface area contributed by atoms with Gasteiger partial charge in [-0.3, -0.25) is 4.79 Å². The van der Waals surface area contributed by atoms with Crippen molar-refractivity contribution in [3.05, 3.63) is 92.8 Å². The van der Waals surface area contributed by atoms with Crippen molar-refractivity contribution in [2.24, 2.45) is 0 Å². The molecule has 0 spiro atoms. The van der Waals surface area contributed by atoms with Gasteiger partial charge in [0.1, 0.15) is 4.88 Å². The molecule has 1 fully saturated rings. The Labute approximate surface area is 192 Å². The van der Waals surface area contributed by atoms with Crippen molar-refractivity contribution in [1.29, 1.82) is 0 Å². The van der Waals surface area contributed by atoms with Crippen molar-refractivity contribution in [2.75, 3.05) is 26.2 Å². The number of benzene rings is 2. The summed E-state index contributed by atoms with van der Waals surface area (Å²) in [6.45, 7) is 3.14. The van der Waals surface area contributed by atoms with Gasteiger partial charge in [0.25, 0.3) is 5.91 Å². The van der Waals surface area contributed by atoms with E-state index in [1.54, 1.807) is 11.0 Å². The van der Waals surface area contributed by atoms with Crippen LogP contribution >= 0.6 is 11.3 Å². The molecule has 2 aromatic carbocycles. The first-order valence-corrected chi connectivity index (χ1v) is 12.8. The zero-order valence-electron chi connectivity index (χ0n) is 17.8. The predicted molar refractivity (Wildman–Crippen MR) is 128 cm³/mol. The zero-order chi connectivity index (χ0) is 22.6. The summed E-state index contributed by atoms with van der Waals surface area (Å²) in [7, 11) is -3.53. The van der Waals surface area contributed by atoms with Crippen LogP contribution in [0.2, 0.25) is 0 Å². The molecule has 1 aromatic heterocycles. The molecule has 4 rings (SSSR count). The standard InChI is InChI=1S/C24H25N3O3S2/c1-19-23(31-22(25-19)18-21-10-6-3-7-11-21)24(28)26-13-15-27(16-14-26)32(29,30)17-12-20-8-4-2-5-9-20/h2-12,17H,13-16,18H2,1H3/b17-12+. The minimum Gasteiger partial charge on any atom is -0.335 e. The number of sulfonamides is 1. The van der Waals surface area contributed by atoms with Crippen molar-refractivity contribution in [3.8, 4) is 0 Å². The molecule has 0 aliphatic carbocycles. The first-order valence-electron chi connectivity index (χ1n) is 10.5. The smallest absolute Gasteiger partial charge is 0.265 e. The lowest BCUT2D eigenvalue weighted by atomic mass is 10.2. The molecule has 0 bridgehead atoms. The average molecular weight is 468 g/mol. The molecule has 0 radical (unpaired) electrons. The second-order valence-corrected chi connectivity index (χ2v) is 10.5. The van der Waals surface area contributed by atoms with Gasteiger partial charge in [0, 0.05) is 38.0 Å². The quantitative estimate of drug-likeness (QED) is 0.553. The number of hydrogen-bond acceptors (Lipinski definition) is 5. The second-order valence-electron chi connectivity index (χ2n) is 7.63. The summed E-state index contributed by atoms with van der Waals surface area (Å²) in [6, 6.07) is 19.4. The maximum atomic E-state index is 13.1. The van der Waals surface area contributed by atoms with Gasteiger partial charge in [0.15, 0.2) is 0 Å². The molecule has 1 saturated heterocycles.